The molecule has 2 atom stereocenters. The van der Waals surface area contributed by atoms with E-state index >= 15 is 0 Å². The minimum Gasteiger partial charge on any atom is -0.381 e. The zero-order chi connectivity index (χ0) is 17.8. The largest absolute Gasteiger partial charge is 0.381 e. The number of carbonyl (C=O) groups is 1. The van der Waals surface area contributed by atoms with E-state index in [-0.39, 0.29) is 17.6 Å². The summed E-state index contributed by atoms with van der Waals surface area (Å²) in [5.74, 6) is -0.960. The van der Waals surface area contributed by atoms with E-state index in [1.54, 1.807) is 12.1 Å². The fourth-order valence-electron chi connectivity index (χ4n) is 2.37. The number of halogens is 1. The molecule has 7 nitrogen and oxygen atoms in total. The summed E-state index contributed by atoms with van der Waals surface area (Å²) in [5, 5.41) is 15.6. The molecule has 0 bridgehead atoms. The van der Waals surface area contributed by atoms with Gasteiger partial charge in [-0.1, -0.05) is 35.5 Å². The Balaban J connectivity index is 1.62. The van der Waals surface area contributed by atoms with Crippen LogP contribution in [0, 0.1) is 11.7 Å². The summed E-state index contributed by atoms with van der Waals surface area (Å²) in [7, 11) is 0. The normalized spacial score (nSPS) is 19.4. The molecule has 9 heteroatoms. The second-order valence-electron chi connectivity index (χ2n) is 5.43. The molecule has 1 N–H and O–H groups in total. The van der Waals surface area contributed by atoms with Gasteiger partial charge in [-0.3, -0.25) is 10.1 Å². The third kappa shape index (κ3) is 3.99. The van der Waals surface area contributed by atoms with E-state index in [4.69, 9.17) is 9.57 Å². The number of nitrogens with one attached hydrogen (secondary N) is 1. The van der Waals surface area contributed by atoms with Crippen molar-refractivity contribution in [2.45, 2.75) is 26.6 Å². The van der Waals surface area contributed by atoms with Crippen LogP contribution in [-0.2, 0) is 21.0 Å². The van der Waals surface area contributed by atoms with Crippen LogP contribution in [0.5, 0.6) is 0 Å². The molecule has 1 aromatic carbocycles. The monoisotopic (exact) mass is 364 g/mol. The number of benzene rings is 1. The van der Waals surface area contributed by atoms with Crippen molar-refractivity contribution in [2.24, 2.45) is 11.1 Å². The number of anilines is 1. The number of ether oxygens (including phenoxy) is 1. The van der Waals surface area contributed by atoms with Gasteiger partial charge in [0.1, 0.15) is 17.4 Å². The van der Waals surface area contributed by atoms with E-state index in [0.717, 1.165) is 5.56 Å². The molecule has 132 valence electrons. The number of oxime groups is 1. The van der Waals surface area contributed by atoms with Gasteiger partial charge in [0, 0.05) is 6.61 Å². The third-order valence-electron chi connectivity index (χ3n) is 3.68. The molecular weight excluding hydrogens is 347 g/mol. The minimum atomic E-state index is -0.778. The molecular formula is C16H17FN4O3S. The number of nitrogens with zero attached hydrogens (tertiary/aromatic N) is 3. The van der Waals surface area contributed by atoms with E-state index < -0.39 is 6.10 Å². The zero-order valence-electron chi connectivity index (χ0n) is 13.7. The Bertz CT molecular complexity index is 778. The van der Waals surface area contributed by atoms with Crippen LogP contribution in [0.2, 0.25) is 0 Å². The molecule has 1 amide bonds. The summed E-state index contributed by atoms with van der Waals surface area (Å²) < 4.78 is 18.3. The number of hydrogen-bond acceptors (Lipinski definition) is 7. The quantitative estimate of drug-likeness (QED) is 0.851. The lowest BCUT2D eigenvalue weighted by Gasteiger charge is -2.13. The summed E-state index contributed by atoms with van der Waals surface area (Å²) in [5.41, 5.74) is 1.33. The maximum absolute atomic E-state index is 13.0. The predicted octanol–water partition coefficient (Wildman–Crippen LogP) is 2.59. The number of hydrogen-bond donors (Lipinski definition) is 1. The van der Waals surface area contributed by atoms with Gasteiger partial charge < -0.3 is 9.57 Å². The molecule has 0 radical (unpaired) electrons. The Morgan fingerprint density at radius 3 is 2.84 bits per heavy atom. The summed E-state index contributed by atoms with van der Waals surface area (Å²) in [6, 6.07) is 5.91. The zero-order valence-corrected chi connectivity index (χ0v) is 14.5. The lowest BCUT2D eigenvalue weighted by Crippen LogP contribution is -2.34. The molecule has 2 heterocycles. The summed E-state index contributed by atoms with van der Waals surface area (Å²) in [4.78, 5) is 17.7. The maximum Gasteiger partial charge on any atom is 0.270 e. The SMILES string of the molecule is CCOCc1nnc(NC(=O)[C@H]2ON=C(c3ccc(F)cc3)[C@@H]2C)s1. The van der Waals surface area contributed by atoms with Crippen molar-refractivity contribution in [3.05, 3.63) is 40.7 Å². The number of rotatable bonds is 6. The van der Waals surface area contributed by atoms with Gasteiger partial charge in [-0.25, -0.2) is 4.39 Å². The Kier molecular flexibility index (Phi) is 5.34. The number of carbonyl (C=O) groups excluding carboxylic acids is 1. The first-order valence-corrected chi connectivity index (χ1v) is 8.60. The lowest BCUT2D eigenvalue weighted by atomic mass is 9.94. The van der Waals surface area contributed by atoms with Crippen molar-refractivity contribution in [3.63, 3.8) is 0 Å². The first-order chi connectivity index (χ1) is 12.1. The molecule has 1 aliphatic rings. The molecule has 0 spiro atoms. The Morgan fingerprint density at radius 2 is 2.12 bits per heavy atom. The molecule has 25 heavy (non-hydrogen) atoms. The molecule has 0 saturated carbocycles. The average Bonchev–Trinajstić information content (AvgIpc) is 3.20. The van der Waals surface area contributed by atoms with Crippen LogP contribution >= 0.6 is 11.3 Å². The predicted molar refractivity (Wildman–Crippen MR) is 90.8 cm³/mol. The molecule has 1 aliphatic heterocycles. The van der Waals surface area contributed by atoms with Gasteiger partial charge in [-0.05, 0) is 24.6 Å². The van der Waals surface area contributed by atoms with E-state index in [9.17, 15) is 9.18 Å². The number of aromatic nitrogens is 2. The van der Waals surface area contributed by atoms with Gasteiger partial charge in [0.15, 0.2) is 0 Å². The second-order valence-corrected chi connectivity index (χ2v) is 6.49. The van der Waals surface area contributed by atoms with E-state index in [0.29, 0.717) is 29.1 Å². The van der Waals surface area contributed by atoms with Crippen LogP contribution in [0.15, 0.2) is 29.4 Å². The second kappa shape index (κ2) is 7.66. The van der Waals surface area contributed by atoms with Gasteiger partial charge in [-0.15, -0.1) is 10.2 Å². The van der Waals surface area contributed by atoms with Crippen molar-refractivity contribution >= 4 is 28.1 Å². The Labute approximate surface area is 147 Å². The van der Waals surface area contributed by atoms with Crippen molar-refractivity contribution in [3.8, 4) is 0 Å². The highest BCUT2D eigenvalue weighted by Crippen LogP contribution is 2.25. The molecule has 0 fully saturated rings. The van der Waals surface area contributed by atoms with Crippen LogP contribution in [0.4, 0.5) is 9.52 Å². The van der Waals surface area contributed by atoms with Gasteiger partial charge in [0.05, 0.1) is 11.6 Å². The van der Waals surface area contributed by atoms with Crippen LogP contribution in [0.3, 0.4) is 0 Å². The summed E-state index contributed by atoms with van der Waals surface area (Å²) in [6.07, 6.45) is -0.778. The van der Waals surface area contributed by atoms with Crippen molar-refractivity contribution in [1.82, 2.24) is 10.2 Å². The van der Waals surface area contributed by atoms with Gasteiger partial charge >= 0.3 is 0 Å². The van der Waals surface area contributed by atoms with Gasteiger partial charge in [0.25, 0.3) is 5.91 Å². The Hall–Kier alpha value is -2.39. The highest BCUT2D eigenvalue weighted by atomic mass is 32.1. The molecule has 0 unspecified atom stereocenters. The standard InChI is InChI=1S/C16H17FN4O3S/c1-3-23-8-12-19-20-16(25-12)18-15(22)14-9(2)13(21-24-14)10-4-6-11(17)7-5-10/h4-7,9,14H,3,8H2,1-2H3,(H,18,20,22)/t9-,14-/m0/s1. The van der Waals surface area contributed by atoms with E-state index in [1.807, 2.05) is 13.8 Å². The van der Waals surface area contributed by atoms with Crippen LogP contribution < -0.4 is 5.32 Å². The third-order valence-corrected chi connectivity index (χ3v) is 4.49. The number of amides is 1. The smallest absolute Gasteiger partial charge is 0.270 e. The van der Waals surface area contributed by atoms with Crippen LogP contribution in [0.25, 0.3) is 0 Å². The first kappa shape index (κ1) is 17.4. The van der Waals surface area contributed by atoms with Crippen molar-refractivity contribution in [1.29, 1.82) is 0 Å². The highest BCUT2D eigenvalue weighted by Gasteiger charge is 2.37. The topological polar surface area (TPSA) is 85.7 Å². The van der Waals surface area contributed by atoms with E-state index in [1.165, 1.54) is 23.5 Å². The Morgan fingerprint density at radius 1 is 1.36 bits per heavy atom. The highest BCUT2D eigenvalue weighted by molar-refractivity contribution is 7.15. The van der Waals surface area contributed by atoms with Crippen LogP contribution in [0.1, 0.15) is 24.4 Å². The summed E-state index contributed by atoms with van der Waals surface area (Å²) >= 11 is 1.25. The molecule has 2 aromatic rings. The lowest BCUT2D eigenvalue weighted by molar-refractivity contribution is -0.127. The van der Waals surface area contributed by atoms with Gasteiger partial charge in [-0.2, -0.15) is 0 Å². The fraction of sp³-hybridized carbons (Fsp3) is 0.375. The van der Waals surface area contributed by atoms with Gasteiger partial charge in [0.2, 0.25) is 11.2 Å². The molecule has 0 saturated heterocycles. The van der Waals surface area contributed by atoms with Crippen molar-refractivity contribution < 1.29 is 18.8 Å². The molecule has 0 aliphatic carbocycles. The summed E-state index contributed by atoms with van der Waals surface area (Å²) in [6.45, 7) is 4.66. The molecule has 1 aromatic heterocycles. The average molecular weight is 364 g/mol. The maximum atomic E-state index is 13.0. The van der Waals surface area contributed by atoms with Crippen molar-refractivity contribution in [2.75, 3.05) is 11.9 Å². The first-order valence-electron chi connectivity index (χ1n) is 7.79. The molecule has 3 rings (SSSR count). The fourth-order valence-corrected chi connectivity index (χ4v) is 3.05. The van der Waals surface area contributed by atoms with E-state index in [2.05, 4.69) is 20.7 Å². The van der Waals surface area contributed by atoms with Crippen LogP contribution in [-0.4, -0.2) is 34.5 Å². The minimum absolute atomic E-state index is 0.277.